The lowest BCUT2D eigenvalue weighted by atomic mass is 9.92. The van der Waals surface area contributed by atoms with E-state index in [0.717, 1.165) is 40.0 Å². The summed E-state index contributed by atoms with van der Waals surface area (Å²) in [5.41, 5.74) is 2.66. The second kappa shape index (κ2) is 7.45. The molecular formula is C17H21BrN2O2S. The fourth-order valence-corrected chi connectivity index (χ4v) is 3.75. The van der Waals surface area contributed by atoms with Gasteiger partial charge in [-0.2, -0.15) is 0 Å². The van der Waals surface area contributed by atoms with Gasteiger partial charge in [-0.3, -0.25) is 4.79 Å². The van der Waals surface area contributed by atoms with E-state index in [1.54, 1.807) is 14.0 Å². The Morgan fingerprint density at radius 2 is 2.17 bits per heavy atom. The van der Waals surface area contributed by atoms with Crippen LogP contribution in [0.2, 0.25) is 0 Å². The Labute approximate surface area is 151 Å². The van der Waals surface area contributed by atoms with Crippen molar-refractivity contribution in [2.24, 2.45) is 0 Å². The second-order valence-electron chi connectivity index (χ2n) is 5.48. The molecule has 1 aliphatic rings. The van der Waals surface area contributed by atoms with Crippen LogP contribution in [0.5, 0.6) is 5.75 Å². The number of carbonyl (C=O) groups is 1. The van der Waals surface area contributed by atoms with Gasteiger partial charge in [-0.05, 0) is 66.1 Å². The lowest BCUT2D eigenvalue weighted by Crippen LogP contribution is -2.47. The fraction of sp³-hybridized carbons (Fsp3) is 0.412. The Balaban J connectivity index is 2.51. The predicted molar refractivity (Wildman–Crippen MR) is 99.5 cm³/mol. The first-order valence-electron chi connectivity index (χ1n) is 7.53. The molecule has 0 saturated heterocycles. The Bertz CT molecular complexity index is 673. The van der Waals surface area contributed by atoms with Crippen LogP contribution in [-0.2, 0) is 4.79 Å². The monoisotopic (exact) mass is 396 g/mol. The van der Waals surface area contributed by atoms with E-state index in [1.807, 2.05) is 30.0 Å². The van der Waals surface area contributed by atoms with Gasteiger partial charge in [0.2, 0.25) is 0 Å². The average Bonchev–Trinajstić information content (AvgIpc) is 2.50. The van der Waals surface area contributed by atoms with E-state index in [-0.39, 0.29) is 11.8 Å². The highest BCUT2D eigenvalue weighted by Gasteiger charge is 2.32. The van der Waals surface area contributed by atoms with Gasteiger partial charge < -0.3 is 15.0 Å². The normalized spacial score (nSPS) is 18.0. The van der Waals surface area contributed by atoms with Gasteiger partial charge in [-0.15, -0.1) is 0 Å². The van der Waals surface area contributed by atoms with Crippen LogP contribution < -0.4 is 10.1 Å². The smallest absolute Gasteiger partial charge is 0.173 e. The van der Waals surface area contributed by atoms with Crippen molar-refractivity contribution in [3.05, 3.63) is 39.5 Å². The Hall–Kier alpha value is -1.40. The zero-order valence-corrected chi connectivity index (χ0v) is 16.2. The van der Waals surface area contributed by atoms with Crippen LogP contribution in [0.25, 0.3) is 0 Å². The van der Waals surface area contributed by atoms with Crippen molar-refractivity contribution in [2.45, 2.75) is 33.2 Å². The van der Waals surface area contributed by atoms with Gasteiger partial charge in [0.05, 0.1) is 17.6 Å². The van der Waals surface area contributed by atoms with Gasteiger partial charge in [-0.25, -0.2) is 0 Å². The van der Waals surface area contributed by atoms with Crippen molar-refractivity contribution in [3.63, 3.8) is 0 Å². The Kier molecular flexibility index (Phi) is 5.81. The summed E-state index contributed by atoms with van der Waals surface area (Å²) in [5, 5.41) is 3.97. The highest BCUT2D eigenvalue weighted by atomic mass is 79.9. The van der Waals surface area contributed by atoms with E-state index in [9.17, 15) is 4.79 Å². The molecule has 1 aliphatic heterocycles. The highest BCUT2D eigenvalue weighted by Crippen LogP contribution is 2.34. The molecule has 6 heteroatoms. The summed E-state index contributed by atoms with van der Waals surface area (Å²) in [6, 6.07) is 5.56. The largest absolute Gasteiger partial charge is 0.496 e. The predicted octanol–water partition coefficient (Wildman–Crippen LogP) is 3.96. The van der Waals surface area contributed by atoms with E-state index in [1.165, 1.54) is 0 Å². The van der Waals surface area contributed by atoms with Crippen LogP contribution in [0, 0.1) is 0 Å². The molecular weight excluding hydrogens is 376 g/mol. The zero-order chi connectivity index (χ0) is 17.1. The van der Waals surface area contributed by atoms with Gasteiger partial charge in [0, 0.05) is 17.8 Å². The molecule has 0 saturated carbocycles. The average molecular weight is 397 g/mol. The molecule has 0 bridgehead atoms. The Morgan fingerprint density at radius 3 is 2.70 bits per heavy atom. The number of nitrogens with one attached hydrogen (secondary N) is 1. The van der Waals surface area contributed by atoms with Crippen LogP contribution in [0.4, 0.5) is 0 Å². The van der Waals surface area contributed by atoms with Crippen molar-refractivity contribution in [2.75, 3.05) is 13.7 Å². The van der Waals surface area contributed by atoms with Crippen molar-refractivity contribution in [1.82, 2.24) is 10.2 Å². The minimum atomic E-state index is -0.240. The van der Waals surface area contributed by atoms with Gasteiger partial charge in [0.15, 0.2) is 10.9 Å². The number of benzene rings is 1. The number of methoxy groups -OCH3 is 1. The SMILES string of the molecule is CCCN1C(=S)NC(c2ccc(OC)c(Br)c2)C(C(C)=O)=C1C. The summed E-state index contributed by atoms with van der Waals surface area (Å²) in [4.78, 5) is 14.3. The minimum Gasteiger partial charge on any atom is -0.496 e. The zero-order valence-electron chi connectivity index (χ0n) is 13.8. The van der Waals surface area contributed by atoms with Crippen molar-refractivity contribution < 1.29 is 9.53 Å². The molecule has 0 aliphatic carbocycles. The number of ether oxygens (including phenoxy) is 1. The fourth-order valence-electron chi connectivity index (χ4n) is 2.84. The van der Waals surface area contributed by atoms with Gasteiger partial charge in [0.1, 0.15) is 5.75 Å². The number of halogens is 1. The summed E-state index contributed by atoms with van der Waals surface area (Å²) >= 11 is 9.00. The summed E-state index contributed by atoms with van der Waals surface area (Å²) in [6.07, 6.45) is 0.961. The number of hydrogen-bond acceptors (Lipinski definition) is 3. The summed E-state index contributed by atoms with van der Waals surface area (Å²) in [5.74, 6) is 0.806. The topological polar surface area (TPSA) is 41.6 Å². The van der Waals surface area contributed by atoms with Crippen LogP contribution in [-0.4, -0.2) is 29.5 Å². The molecule has 1 heterocycles. The number of rotatable bonds is 5. The van der Waals surface area contributed by atoms with Gasteiger partial charge in [0.25, 0.3) is 0 Å². The number of carbonyl (C=O) groups excluding carboxylic acids is 1. The summed E-state index contributed by atoms with van der Waals surface area (Å²) < 4.78 is 6.12. The maximum atomic E-state index is 12.3. The van der Waals surface area contributed by atoms with Crippen molar-refractivity contribution in [3.8, 4) is 5.75 Å². The summed E-state index contributed by atoms with van der Waals surface area (Å²) in [7, 11) is 1.63. The van der Waals surface area contributed by atoms with Crippen molar-refractivity contribution >= 4 is 39.0 Å². The first kappa shape index (κ1) is 17.9. The third kappa shape index (κ3) is 3.58. The summed E-state index contributed by atoms with van der Waals surface area (Å²) in [6.45, 7) is 6.46. The standard InChI is InChI=1S/C17H21BrN2O2S/c1-5-8-20-10(2)15(11(3)21)16(19-17(20)23)12-6-7-14(22-4)13(18)9-12/h6-7,9,16H,5,8H2,1-4H3,(H,19,23). The number of nitrogens with zero attached hydrogens (tertiary/aromatic N) is 1. The molecule has 0 fully saturated rings. The van der Waals surface area contributed by atoms with E-state index < -0.39 is 0 Å². The first-order chi connectivity index (χ1) is 10.9. The lowest BCUT2D eigenvalue weighted by molar-refractivity contribution is -0.114. The van der Waals surface area contributed by atoms with E-state index in [2.05, 4.69) is 28.2 Å². The van der Waals surface area contributed by atoms with Crippen LogP contribution in [0.3, 0.4) is 0 Å². The third-order valence-corrected chi connectivity index (χ3v) is 4.89. The van der Waals surface area contributed by atoms with Crippen LogP contribution >= 0.6 is 28.1 Å². The first-order valence-corrected chi connectivity index (χ1v) is 8.74. The number of hydrogen-bond donors (Lipinski definition) is 1. The highest BCUT2D eigenvalue weighted by molar-refractivity contribution is 9.10. The molecule has 0 aromatic heterocycles. The molecule has 2 rings (SSSR count). The minimum absolute atomic E-state index is 0.0514. The molecule has 0 radical (unpaired) electrons. The maximum absolute atomic E-state index is 12.3. The molecule has 1 aromatic rings. The van der Waals surface area contributed by atoms with E-state index >= 15 is 0 Å². The van der Waals surface area contributed by atoms with Gasteiger partial charge >= 0.3 is 0 Å². The quantitative estimate of drug-likeness (QED) is 0.762. The second-order valence-corrected chi connectivity index (χ2v) is 6.72. The van der Waals surface area contributed by atoms with Gasteiger partial charge in [-0.1, -0.05) is 13.0 Å². The molecule has 1 unspecified atom stereocenters. The van der Waals surface area contributed by atoms with Crippen molar-refractivity contribution in [1.29, 1.82) is 0 Å². The molecule has 23 heavy (non-hydrogen) atoms. The molecule has 1 N–H and O–H groups in total. The molecule has 1 atom stereocenters. The van der Waals surface area contributed by atoms with E-state index in [4.69, 9.17) is 17.0 Å². The number of allylic oxidation sites excluding steroid dienone is 1. The maximum Gasteiger partial charge on any atom is 0.173 e. The molecule has 0 spiro atoms. The third-order valence-electron chi connectivity index (χ3n) is 3.93. The number of Topliss-reactive ketones (excluding diaryl/α,β-unsaturated/α-hetero) is 1. The lowest BCUT2D eigenvalue weighted by Gasteiger charge is -2.37. The molecule has 0 amide bonds. The molecule has 4 nitrogen and oxygen atoms in total. The Morgan fingerprint density at radius 1 is 1.48 bits per heavy atom. The molecule has 124 valence electrons. The molecule has 1 aromatic carbocycles. The number of ketones is 1. The van der Waals surface area contributed by atoms with E-state index in [0.29, 0.717) is 5.11 Å². The number of thiocarbonyl (C=S) groups is 1. The van der Waals surface area contributed by atoms with Crippen LogP contribution in [0.15, 0.2) is 33.9 Å². The van der Waals surface area contributed by atoms with Crippen LogP contribution in [0.1, 0.15) is 38.8 Å².